The highest BCUT2D eigenvalue weighted by atomic mass is 35.5. The Hall–Kier alpha value is -1.18. The molecule has 0 radical (unpaired) electrons. The third-order valence-electron chi connectivity index (χ3n) is 2.46. The van der Waals surface area contributed by atoms with Gasteiger partial charge in [0.2, 0.25) is 0 Å². The highest BCUT2D eigenvalue weighted by Crippen LogP contribution is 2.31. The Balaban J connectivity index is 2.32. The Bertz CT molecular complexity index is 523. The summed E-state index contributed by atoms with van der Waals surface area (Å²) < 4.78 is 5.79. The topological polar surface area (TPSA) is 9.23 Å². The quantitative estimate of drug-likeness (QED) is 0.696. The first-order chi connectivity index (χ1) is 8.20. The van der Waals surface area contributed by atoms with Crippen LogP contribution in [0.15, 0.2) is 42.5 Å². The highest BCUT2D eigenvalue weighted by Gasteiger charge is 2.05. The van der Waals surface area contributed by atoms with E-state index in [1.165, 1.54) is 0 Å². The van der Waals surface area contributed by atoms with Crippen LogP contribution in [-0.4, -0.2) is 0 Å². The zero-order valence-electron chi connectivity index (χ0n) is 9.41. The fourth-order valence-electron chi connectivity index (χ4n) is 1.48. The van der Waals surface area contributed by atoms with E-state index in [1.807, 2.05) is 43.3 Å². The van der Waals surface area contributed by atoms with Gasteiger partial charge in [-0.05, 0) is 36.2 Å². The maximum Gasteiger partial charge on any atom is 0.146 e. The lowest BCUT2D eigenvalue weighted by atomic mass is 10.1. The van der Waals surface area contributed by atoms with E-state index in [9.17, 15) is 0 Å². The molecular weight excluding hydrogens is 255 g/mol. The van der Waals surface area contributed by atoms with Crippen LogP contribution in [0.3, 0.4) is 0 Å². The van der Waals surface area contributed by atoms with E-state index in [2.05, 4.69) is 0 Å². The van der Waals surface area contributed by atoms with Crippen molar-refractivity contribution in [2.45, 2.75) is 12.8 Å². The molecule has 0 bridgehead atoms. The lowest BCUT2D eigenvalue weighted by Gasteiger charge is -2.11. The van der Waals surface area contributed by atoms with Gasteiger partial charge in [-0.3, -0.25) is 0 Å². The van der Waals surface area contributed by atoms with Gasteiger partial charge < -0.3 is 4.74 Å². The maximum atomic E-state index is 6.05. The van der Waals surface area contributed by atoms with Crippen molar-refractivity contribution < 1.29 is 4.74 Å². The van der Waals surface area contributed by atoms with Crippen LogP contribution in [0.25, 0.3) is 0 Å². The van der Waals surface area contributed by atoms with E-state index in [-0.39, 0.29) is 0 Å². The van der Waals surface area contributed by atoms with Gasteiger partial charge in [0.1, 0.15) is 11.5 Å². The third-order valence-corrected chi connectivity index (χ3v) is 3.08. The second-order valence-electron chi connectivity index (χ2n) is 3.77. The minimum Gasteiger partial charge on any atom is -0.456 e. The van der Waals surface area contributed by atoms with Crippen molar-refractivity contribution >= 4 is 23.2 Å². The van der Waals surface area contributed by atoms with Gasteiger partial charge in [0.25, 0.3) is 0 Å². The van der Waals surface area contributed by atoms with Crippen LogP contribution in [0, 0.1) is 6.92 Å². The number of hydrogen-bond donors (Lipinski definition) is 0. The van der Waals surface area contributed by atoms with Gasteiger partial charge in [-0.25, -0.2) is 0 Å². The Morgan fingerprint density at radius 2 is 1.82 bits per heavy atom. The summed E-state index contributed by atoms with van der Waals surface area (Å²) in [6.07, 6.45) is 0. The monoisotopic (exact) mass is 266 g/mol. The smallest absolute Gasteiger partial charge is 0.146 e. The van der Waals surface area contributed by atoms with E-state index in [0.717, 1.165) is 16.9 Å². The molecule has 3 heteroatoms. The number of benzene rings is 2. The standard InChI is InChI=1S/C14H12Cl2O/c1-10-6-7-11(9-15)8-14(10)17-13-5-3-2-4-12(13)16/h2-8H,9H2,1H3. The SMILES string of the molecule is Cc1ccc(CCl)cc1Oc1ccccc1Cl. The third kappa shape index (κ3) is 2.93. The van der Waals surface area contributed by atoms with E-state index >= 15 is 0 Å². The Kier molecular flexibility index (Phi) is 3.93. The fraction of sp³-hybridized carbons (Fsp3) is 0.143. The van der Waals surface area contributed by atoms with Gasteiger partial charge >= 0.3 is 0 Å². The molecule has 2 aromatic rings. The van der Waals surface area contributed by atoms with E-state index in [4.69, 9.17) is 27.9 Å². The summed E-state index contributed by atoms with van der Waals surface area (Å²) >= 11 is 11.9. The zero-order valence-corrected chi connectivity index (χ0v) is 10.9. The lowest BCUT2D eigenvalue weighted by molar-refractivity contribution is 0.478. The summed E-state index contributed by atoms with van der Waals surface area (Å²) in [5, 5.41) is 0.600. The van der Waals surface area contributed by atoms with Gasteiger partial charge in [0, 0.05) is 5.88 Å². The largest absolute Gasteiger partial charge is 0.456 e. The minimum atomic E-state index is 0.471. The van der Waals surface area contributed by atoms with Gasteiger partial charge in [0.15, 0.2) is 0 Å². The summed E-state index contributed by atoms with van der Waals surface area (Å²) in [5.41, 5.74) is 2.08. The molecule has 0 spiro atoms. The summed E-state index contributed by atoms with van der Waals surface area (Å²) in [7, 11) is 0. The lowest BCUT2D eigenvalue weighted by Crippen LogP contribution is -1.90. The molecule has 0 aliphatic carbocycles. The Morgan fingerprint density at radius 1 is 1.06 bits per heavy atom. The predicted molar refractivity (Wildman–Crippen MR) is 72.3 cm³/mol. The molecule has 0 saturated carbocycles. The number of alkyl halides is 1. The molecule has 0 fully saturated rings. The average Bonchev–Trinajstić information content (AvgIpc) is 2.35. The first kappa shape index (κ1) is 12.3. The van der Waals surface area contributed by atoms with Crippen LogP contribution in [0.4, 0.5) is 0 Å². The van der Waals surface area contributed by atoms with Gasteiger partial charge in [0.05, 0.1) is 5.02 Å². The first-order valence-electron chi connectivity index (χ1n) is 5.28. The molecule has 2 rings (SSSR count). The molecule has 0 N–H and O–H groups in total. The van der Waals surface area contributed by atoms with Gasteiger partial charge in [-0.1, -0.05) is 35.9 Å². The maximum absolute atomic E-state index is 6.05. The molecule has 0 heterocycles. The van der Waals surface area contributed by atoms with Crippen molar-refractivity contribution in [2.75, 3.05) is 0 Å². The van der Waals surface area contributed by atoms with Crippen molar-refractivity contribution in [1.82, 2.24) is 0 Å². The van der Waals surface area contributed by atoms with Crippen molar-refractivity contribution in [3.63, 3.8) is 0 Å². The van der Waals surface area contributed by atoms with E-state index in [0.29, 0.717) is 16.7 Å². The predicted octanol–water partition coefficient (Wildman–Crippen LogP) is 5.18. The number of rotatable bonds is 3. The molecule has 88 valence electrons. The van der Waals surface area contributed by atoms with Crippen LogP contribution in [-0.2, 0) is 5.88 Å². The molecule has 0 aliphatic heterocycles. The summed E-state index contributed by atoms with van der Waals surface area (Å²) in [6, 6.07) is 13.3. The average molecular weight is 267 g/mol. The number of para-hydroxylation sites is 1. The first-order valence-corrected chi connectivity index (χ1v) is 6.20. The fourth-order valence-corrected chi connectivity index (χ4v) is 1.82. The van der Waals surface area contributed by atoms with Crippen molar-refractivity contribution in [3.8, 4) is 11.5 Å². The molecule has 0 atom stereocenters. The van der Waals surface area contributed by atoms with Crippen molar-refractivity contribution in [2.24, 2.45) is 0 Å². The van der Waals surface area contributed by atoms with Crippen LogP contribution in [0.2, 0.25) is 5.02 Å². The Labute approximate surface area is 111 Å². The molecule has 0 amide bonds. The number of ether oxygens (including phenoxy) is 1. The van der Waals surface area contributed by atoms with Gasteiger partial charge in [-0.15, -0.1) is 11.6 Å². The molecule has 0 unspecified atom stereocenters. The number of aryl methyl sites for hydroxylation is 1. The molecule has 0 aromatic heterocycles. The Morgan fingerprint density at radius 3 is 2.53 bits per heavy atom. The minimum absolute atomic E-state index is 0.471. The van der Waals surface area contributed by atoms with Crippen molar-refractivity contribution in [3.05, 3.63) is 58.6 Å². The molecule has 0 aliphatic rings. The number of hydrogen-bond acceptors (Lipinski definition) is 1. The molecule has 17 heavy (non-hydrogen) atoms. The second kappa shape index (κ2) is 5.44. The van der Waals surface area contributed by atoms with Crippen molar-refractivity contribution in [1.29, 1.82) is 0 Å². The van der Waals surface area contributed by atoms with Crippen LogP contribution in [0.5, 0.6) is 11.5 Å². The molecule has 1 nitrogen and oxygen atoms in total. The van der Waals surface area contributed by atoms with Crippen LogP contribution in [0.1, 0.15) is 11.1 Å². The summed E-state index contributed by atoms with van der Waals surface area (Å²) in [4.78, 5) is 0. The summed E-state index contributed by atoms with van der Waals surface area (Å²) in [5.74, 6) is 1.92. The normalized spacial score (nSPS) is 10.3. The molecule has 2 aromatic carbocycles. The van der Waals surface area contributed by atoms with E-state index in [1.54, 1.807) is 6.07 Å². The number of halogens is 2. The second-order valence-corrected chi connectivity index (χ2v) is 4.44. The molecule has 0 saturated heterocycles. The highest BCUT2D eigenvalue weighted by molar-refractivity contribution is 6.32. The zero-order chi connectivity index (χ0) is 12.3. The molecular formula is C14H12Cl2O. The summed E-state index contributed by atoms with van der Waals surface area (Å²) in [6.45, 7) is 1.99. The van der Waals surface area contributed by atoms with Crippen LogP contribution < -0.4 is 4.74 Å². The van der Waals surface area contributed by atoms with Crippen LogP contribution >= 0.6 is 23.2 Å². The van der Waals surface area contributed by atoms with E-state index < -0.39 is 0 Å². The van der Waals surface area contributed by atoms with Gasteiger partial charge in [-0.2, -0.15) is 0 Å².